The van der Waals surface area contributed by atoms with Gasteiger partial charge in [-0.15, -0.1) is 0 Å². The fraction of sp³-hybridized carbons (Fsp3) is 0.385. The third-order valence-corrected chi connectivity index (χ3v) is 3.24. The maximum Gasteiger partial charge on any atom is 0.124 e. The van der Waals surface area contributed by atoms with E-state index < -0.39 is 0 Å². The minimum absolute atomic E-state index is 0.221. The lowest BCUT2D eigenvalue weighted by molar-refractivity contribution is 0.202. The van der Waals surface area contributed by atoms with Gasteiger partial charge in [0, 0.05) is 4.47 Å². The first kappa shape index (κ1) is 11.8. The van der Waals surface area contributed by atoms with E-state index in [1.54, 1.807) is 6.07 Å². The molecule has 1 unspecified atom stereocenters. The molecule has 0 spiro atoms. The number of rotatable bonds is 2. The molecule has 3 heteroatoms. The summed E-state index contributed by atoms with van der Waals surface area (Å²) in [6.45, 7) is 0. The largest absolute Gasteiger partial charge is 0.389 e. The Labute approximate surface area is 103 Å². The second-order valence-corrected chi connectivity index (χ2v) is 5.15. The summed E-state index contributed by atoms with van der Waals surface area (Å²) in [6, 6.07) is 4.92. The van der Waals surface area contributed by atoms with Gasteiger partial charge in [-0.25, -0.2) is 4.39 Å². The maximum absolute atomic E-state index is 13.2. The van der Waals surface area contributed by atoms with Crippen molar-refractivity contribution >= 4 is 15.9 Å². The van der Waals surface area contributed by atoms with Crippen LogP contribution in [0, 0.1) is 5.82 Å². The van der Waals surface area contributed by atoms with E-state index in [4.69, 9.17) is 0 Å². The quantitative estimate of drug-likeness (QED) is 0.823. The Hall–Kier alpha value is -0.670. The van der Waals surface area contributed by atoms with Crippen LogP contribution in [0.25, 0.3) is 0 Å². The lowest BCUT2D eigenvalue weighted by Gasteiger charge is -2.17. The van der Waals surface area contributed by atoms with Gasteiger partial charge >= 0.3 is 0 Å². The highest BCUT2D eigenvalue weighted by Gasteiger charge is 2.11. The van der Waals surface area contributed by atoms with E-state index in [0.29, 0.717) is 0 Å². The van der Waals surface area contributed by atoms with E-state index in [-0.39, 0.29) is 11.9 Å². The Morgan fingerprint density at radius 1 is 1.38 bits per heavy atom. The van der Waals surface area contributed by atoms with Crippen LogP contribution in [0.5, 0.6) is 0 Å². The molecule has 1 aliphatic rings. The third-order valence-electron chi connectivity index (χ3n) is 2.78. The average Bonchev–Trinajstić information content (AvgIpc) is 2.15. The molecule has 0 bridgehead atoms. The van der Waals surface area contributed by atoms with E-state index in [1.165, 1.54) is 11.6 Å². The second kappa shape index (κ2) is 5.11. The zero-order valence-corrected chi connectivity index (χ0v) is 10.5. The summed E-state index contributed by atoms with van der Waals surface area (Å²) in [7, 11) is 0. The smallest absolute Gasteiger partial charge is 0.124 e. The van der Waals surface area contributed by atoms with Crippen molar-refractivity contribution < 1.29 is 9.50 Å². The normalized spacial score (nSPS) is 20.7. The van der Waals surface area contributed by atoms with E-state index in [9.17, 15) is 9.50 Å². The fourth-order valence-corrected chi connectivity index (χ4v) is 2.61. The number of hydrogen-bond acceptors (Lipinski definition) is 1. The Morgan fingerprint density at radius 2 is 2.19 bits per heavy atom. The molecule has 16 heavy (non-hydrogen) atoms. The highest BCUT2D eigenvalue weighted by atomic mass is 79.9. The van der Waals surface area contributed by atoms with Gasteiger partial charge in [-0.2, -0.15) is 0 Å². The summed E-state index contributed by atoms with van der Waals surface area (Å²) in [6.07, 6.45) is 5.18. The van der Waals surface area contributed by atoms with Crippen LogP contribution in [0.15, 0.2) is 34.3 Å². The van der Waals surface area contributed by atoms with Crippen LogP contribution in [0.3, 0.4) is 0 Å². The van der Waals surface area contributed by atoms with Crippen LogP contribution in [-0.4, -0.2) is 11.2 Å². The van der Waals surface area contributed by atoms with Crippen molar-refractivity contribution in [2.24, 2.45) is 0 Å². The minimum atomic E-state index is -0.319. The summed E-state index contributed by atoms with van der Waals surface area (Å²) >= 11 is 3.28. The zero-order valence-electron chi connectivity index (χ0n) is 8.92. The first-order valence-corrected chi connectivity index (χ1v) is 6.25. The van der Waals surface area contributed by atoms with Crippen LogP contribution >= 0.6 is 15.9 Å². The summed E-state index contributed by atoms with van der Waals surface area (Å²) in [5, 5.41) is 9.51. The van der Waals surface area contributed by atoms with E-state index in [2.05, 4.69) is 15.9 Å². The molecule has 1 nitrogen and oxygen atoms in total. The number of aliphatic hydroxyl groups is 1. The Morgan fingerprint density at radius 3 is 2.88 bits per heavy atom. The monoisotopic (exact) mass is 284 g/mol. The highest BCUT2D eigenvalue weighted by Crippen LogP contribution is 2.23. The number of benzene rings is 1. The number of allylic oxidation sites excluding steroid dienone is 1. The molecule has 1 aromatic carbocycles. The molecule has 0 radical (unpaired) electrons. The van der Waals surface area contributed by atoms with Gasteiger partial charge in [0.15, 0.2) is 0 Å². The van der Waals surface area contributed by atoms with Crippen molar-refractivity contribution in [3.63, 3.8) is 0 Å². The molecular formula is C13H14BrFO. The van der Waals surface area contributed by atoms with Gasteiger partial charge in [-0.1, -0.05) is 27.6 Å². The van der Waals surface area contributed by atoms with E-state index in [0.717, 1.165) is 35.7 Å². The van der Waals surface area contributed by atoms with Gasteiger partial charge in [-0.05, 0) is 49.4 Å². The van der Waals surface area contributed by atoms with Gasteiger partial charge in [-0.3, -0.25) is 0 Å². The standard InChI is InChI=1S/C13H14BrFO/c14-11-5-10(6-12(15)8-11)4-9-2-1-3-13(16)7-9/h5-8,13,16H,1-4H2. The highest BCUT2D eigenvalue weighted by molar-refractivity contribution is 9.10. The topological polar surface area (TPSA) is 20.2 Å². The number of aliphatic hydroxyl groups excluding tert-OH is 1. The molecule has 0 saturated carbocycles. The molecule has 1 aromatic rings. The second-order valence-electron chi connectivity index (χ2n) is 4.24. The van der Waals surface area contributed by atoms with Crippen molar-refractivity contribution in [3.05, 3.63) is 45.7 Å². The molecular weight excluding hydrogens is 271 g/mol. The third kappa shape index (κ3) is 3.16. The molecule has 2 rings (SSSR count). The number of halogens is 2. The fourth-order valence-electron chi connectivity index (χ4n) is 2.10. The number of hydrogen-bond donors (Lipinski definition) is 1. The molecule has 0 heterocycles. The SMILES string of the molecule is OC1C=C(Cc2cc(F)cc(Br)c2)CCC1. The lowest BCUT2D eigenvalue weighted by Crippen LogP contribution is -2.10. The molecule has 1 atom stereocenters. The first-order valence-electron chi connectivity index (χ1n) is 5.46. The Balaban J connectivity index is 2.14. The van der Waals surface area contributed by atoms with Crippen molar-refractivity contribution in [3.8, 4) is 0 Å². The van der Waals surface area contributed by atoms with E-state index in [1.807, 2.05) is 12.1 Å². The average molecular weight is 285 g/mol. The Bertz CT molecular complexity index is 394. The minimum Gasteiger partial charge on any atom is -0.389 e. The zero-order chi connectivity index (χ0) is 11.5. The van der Waals surface area contributed by atoms with Gasteiger partial charge in [0.05, 0.1) is 6.10 Å². The molecule has 0 amide bonds. The van der Waals surface area contributed by atoms with Crippen LogP contribution in [0.1, 0.15) is 24.8 Å². The van der Waals surface area contributed by atoms with Gasteiger partial charge < -0.3 is 5.11 Å². The van der Waals surface area contributed by atoms with Crippen molar-refractivity contribution in [2.75, 3.05) is 0 Å². The van der Waals surface area contributed by atoms with Crippen LogP contribution in [-0.2, 0) is 6.42 Å². The molecule has 0 fully saturated rings. The molecule has 0 aliphatic heterocycles. The Kier molecular flexibility index (Phi) is 3.77. The van der Waals surface area contributed by atoms with Crippen LogP contribution < -0.4 is 0 Å². The van der Waals surface area contributed by atoms with Gasteiger partial charge in [0.2, 0.25) is 0 Å². The summed E-state index contributed by atoms with van der Waals surface area (Å²) in [5.41, 5.74) is 2.16. The predicted octanol–water partition coefficient (Wildman–Crippen LogP) is 3.60. The molecule has 1 aliphatic carbocycles. The van der Waals surface area contributed by atoms with Crippen LogP contribution in [0.4, 0.5) is 4.39 Å². The molecule has 0 saturated heterocycles. The lowest BCUT2D eigenvalue weighted by atomic mass is 9.93. The molecule has 1 N–H and O–H groups in total. The van der Waals surface area contributed by atoms with Crippen molar-refractivity contribution in [2.45, 2.75) is 31.8 Å². The maximum atomic E-state index is 13.2. The molecule has 86 valence electrons. The van der Waals surface area contributed by atoms with Gasteiger partial charge in [0.1, 0.15) is 5.82 Å². The van der Waals surface area contributed by atoms with Gasteiger partial charge in [0.25, 0.3) is 0 Å². The van der Waals surface area contributed by atoms with E-state index >= 15 is 0 Å². The van der Waals surface area contributed by atoms with Crippen LogP contribution in [0.2, 0.25) is 0 Å². The summed E-state index contributed by atoms with van der Waals surface area (Å²) < 4.78 is 13.9. The first-order chi connectivity index (χ1) is 7.63. The van der Waals surface area contributed by atoms with Crippen molar-refractivity contribution in [1.82, 2.24) is 0 Å². The summed E-state index contributed by atoms with van der Waals surface area (Å²) in [5.74, 6) is -0.221. The predicted molar refractivity (Wildman–Crippen MR) is 65.7 cm³/mol. The van der Waals surface area contributed by atoms with Crippen molar-refractivity contribution in [1.29, 1.82) is 0 Å². The summed E-state index contributed by atoms with van der Waals surface area (Å²) in [4.78, 5) is 0. The molecule has 0 aromatic heterocycles.